The summed E-state index contributed by atoms with van der Waals surface area (Å²) in [7, 11) is 0. The molecule has 0 saturated carbocycles. The summed E-state index contributed by atoms with van der Waals surface area (Å²) in [6.07, 6.45) is -0.0207. The van der Waals surface area contributed by atoms with Crippen LogP contribution >= 0.6 is 0 Å². The maximum absolute atomic E-state index is 14.1. The van der Waals surface area contributed by atoms with Gasteiger partial charge in [-0.3, -0.25) is 4.79 Å². The Morgan fingerprint density at radius 2 is 1.54 bits per heavy atom. The zero-order valence-electron chi connectivity index (χ0n) is 15.5. The average molecular weight is 357 g/mol. The summed E-state index contributed by atoms with van der Waals surface area (Å²) in [5.41, 5.74) is -1.40. The van der Waals surface area contributed by atoms with Gasteiger partial charge in [0.15, 0.2) is 0 Å². The van der Waals surface area contributed by atoms with E-state index in [0.717, 1.165) is 0 Å². The number of benzene rings is 2. The van der Waals surface area contributed by atoms with Crippen LogP contribution in [0.1, 0.15) is 43.6 Å². The first-order chi connectivity index (χ1) is 12.1. The Morgan fingerprint density at radius 3 is 2.12 bits per heavy atom. The lowest BCUT2D eigenvalue weighted by Crippen LogP contribution is -2.56. The Labute approximate surface area is 153 Å². The molecule has 0 fully saturated rings. The van der Waals surface area contributed by atoms with Crippen molar-refractivity contribution in [1.29, 1.82) is 0 Å². The highest BCUT2D eigenvalue weighted by Crippen LogP contribution is 2.21. The van der Waals surface area contributed by atoms with Crippen molar-refractivity contribution in [3.8, 4) is 0 Å². The number of carbonyl (C=O) groups is 2. The summed E-state index contributed by atoms with van der Waals surface area (Å²) in [5, 5.41) is 2.73. The maximum Gasteiger partial charge on any atom is 0.332 e. The third-order valence-electron chi connectivity index (χ3n) is 3.78. The Morgan fingerprint density at radius 1 is 0.962 bits per heavy atom. The largest absolute Gasteiger partial charge is 0.458 e. The Hall–Kier alpha value is -2.69. The maximum atomic E-state index is 14.1. The molecule has 0 saturated heterocycles. The monoisotopic (exact) mass is 357 g/mol. The van der Waals surface area contributed by atoms with Gasteiger partial charge < -0.3 is 10.1 Å². The van der Waals surface area contributed by atoms with Crippen LogP contribution in [-0.2, 0) is 16.0 Å². The summed E-state index contributed by atoms with van der Waals surface area (Å²) >= 11 is 0. The summed E-state index contributed by atoms with van der Waals surface area (Å²) in [6, 6.07) is 14.7. The van der Waals surface area contributed by atoms with Crippen LogP contribution in [0, 0.1) is 5.82 Å². The summed E-state index contributed by atoms with van der Waals surface area (Å²) in [6.45, 7) is 6.78. The van der Waals surface area contributed by atoms with Crippen molar-refractivity contribution in [2.24, 2.45) is 0 Å². The lowest BCUT2D eigenvalue weighted by molar-refractivity contribution is -0.162. The second-order valence-corrected chi connectivity index (χ2v) is 7.42. The van der Waals surface area contributed by atoms with Crippen LogP contribution in [0.25, 0.3) is 0 Å². The molecular weight excluding hydrogens is 333 g/mol. The van der Waals surface area contributed by atoms with Gasteiger partial charge in [0.1, 0.15) is 17.0 Å². The average Bonchev–Trinajstić information content (AvgIpc) is 2.56. The quantitative estimate of drug-likeness (QED) is 0.826. The molecule has 0 bridgehead atoms. The second kappa shape index (κ2) is 7.68. The molecule has 0 radical (unpaired) electrons. The van der Waals surface area contributed by atoms with E-state index < -0.39 is 28.8 Å². The van der Waals surface area contributed by atoms with E-state index in [1.54, 1.807) is 76.2 Å². The van der Waals surface area contributed by atoms with Crippen molar-refractivity contribution < 1.29 is 18.7 Å². The van der Waals surface area contributed by atoms with Crippen molar-refractivity contribution in [2.45, 2.75) is 45.3 Å². The van der Waals surface area contributed by atoms with E-state index >= 15 is 0 Å². The van der Waals surface area contributed by atoms with Gasteiger partial charge in [-0.25, -0.2) is 9.18 Å². The van der Waals surface area contributed by atoms with Gasteiger partial charge in [0.2, 0.25) is 0 Å². The molecule has 1 atom stereocenters. The van der Waals surface area contributed by atoms with Crippen molar-refractivity contribution in [2.75, 3.05) is 0 Å². The zero-order valence-corrected chi connectivity index (χ0v) is 15.5. The molecule has 0 heterocycles. The molecule has 0 aromatic heterocycles. The molecule has 1 N–H and O–H groups in total. The lowest BCUT2D eigenvalue weighted by atomic mass is 9.91. The number of halogens is 1. The smallest absolute Gasteiger partial charge is 0.332 e. The summed E-state index contributed by atoms with van der Waals surface area (Å²) in [4.78, 5) is 25.4. The predicted octanol–water partition coefficient (Wildman–Crippen LogP) is 3.90. The molecule has 0 aliphatic rings. The number of amides is 1. The van der Waals surface area contributed by atoms with Gasteiger partial charge in [0, 0.05) is 12.0 Å². The van der Waals surface area contributed by atoms with Crippen LogP contribution < -0.4 is 5.32 Å². The van der Waals surface area contributed by atoms with Crippen LogP contribution in [0.15, 0.2) is 54.6 Å². The van der Waals surface area contributed by atoms with Crippen molar-refractivity contribution >= 4 is 11.9 Å². The number of ether oxygens (including phenoxy) is 1. The third-order valence-corrected chi connectivity index (χ3v) is 3.78. The minimum absolute atomic E-state index is 0.0207. The molecule has 0 aliphatic carbocycles. The first-order valence-corrected chi connectivity index (χ1v) is 8.45. The number of hydrogen-bond donors (Lipinski definition) is 1. The summed E-state index contributed by atoms with van der Waals surface area (Å²) in [5.74, 6) is -1.47. The molecule has 0 aliphatic heterocycles. The highest BCUT2D eigenvalue weighted by Gasteiger charge is 2.39. The highest BCUT2D eigenvalue weighted by atomic mass is 19.1. The van der Waals surface area contributed by atoms with Gasteiger partial charge in [-0.05, 0) is 51.5 Å². The molecule has 2 rings (SSSR count). The number of hydrogen-bond acceptors (Lipinski definition) is 3. The first kappa shape index (κ1) is 19.6. The molecular formula is C21H24FNO3. The topological polar surface area (TPSA) is 55.4 Å². The fraction of sp³-hybridized carbons (Fsp3) is 0.333. The van der Waals surface area contributed by atoms with Gasteiger partial charge in [-0.1, -0.05) is 36.4 Å². The standard InChI is InChI=1S/C21H24FNO3/c1-20(2,3)26-19(25)21(4,14-16-12-8-9-13-17(16)22)23-18(24)15-10-6-5-7-11-15/h5-13H,14H2,1-4H3,(H,23,24)/t21-/m0/s1. The number of esters is 1. The van der Waals surface area contributed by atoms with E-state index in [-0.39, 0.29) is 6.42 Å². The van der Waals surface area contributed by atoms with Crippen LogP contribution in [0.5, 0.6) is 0 Å². The van der Waals surface area contributed by atoms with E-state index in [0.29, 0.717) is 11.1 Å². The summed E-state index contributed by atoms with van der Waals surface area (Å²) < 4.78 is 19.6. The molecule has 0 unspecified atom stereocenters. The van der Waals surface area contributed by atoms with Crippen molar-refractivity contribution in [3.05, 3.63) is 71.5 Å². The van der Waals surface area contributed by atoms with Gasteiger partial charge in [0.05, 0.1) is 0 Å². The van der Waals surface area contributed by atoms with Crippen LogP contribution in [-0.4, -0.2) is 23.0 Å². The highest BCUT2D eigenvalue weighted by molar-refractivity contribution is 5.98. The first-order valence-electron chi connectivity index (χ1n) is 8.45. The Balaban J connectivity index is 2.33. The normalized spacial score (nSPS) is 13.6. The second-order valence-electron chi connectivity index (χ2n) is 7.42. The van der Waals surface area contributed by atoms with Gasteiger partial charge in [0.25, 0.3) is 5.91 Å². The molecule has 4 nitrogen and oxygen atoms in total. The fourth-order valence-electron chi connectivity index (χ4n) is 2.49. The van der Waals surface area contributed by atoms with Crippen LogP contribution in [0.3, 0.4) is 0 Å². The lowest BCUT2D eigenvalue weighted by Gasteiger charge is -2.32. The minimum Gasteiger partial charge on any atom is -0.458 e. The van der Waals surface area contributed by atoms with Gasteiger partial charge >= 0.3 is 5.97 Å². The van der Waals surface area contributed by atoms with Crippen molar-refractivity contribution in [1.82, 2.24) is 5.32 Å². The van der Waals surface area contributed by atoms with Crippen molar-refractivity contribution in [3.63, 3.8) is 0 Å². The van der Waals surface area contributed by atoms with Crippen LogP contribution in [0.4, 0.5) is 4.39 Å². The predicted molar refractivity (Wildman–Crippen MR) is 98.3 cm³/mol. The number of rotatable bonds is 5. The molecule has 1 amide bonds. The molecule has 138 valence electrons. The molecule has 5 heteroatoms. The van der Waals surface area contributed by atoms with E-state index in [1.807, 2.05) is 0 Å². The van der Waals surface area contributed by atoms with Gasteiger partial charge in [-0.15, -0.1) is 0 Å². The third kappa shape index (κ3) is 5.15. The fourth-order valence-corrected chi connectivity index (χ4v) is 2.49. The molecule has 2 aromatic carbocycles. The molecule has 26 heavy (non-hydrogen) atoms. The van der Waals surface area contributed by atoms with E-state index in [4.69, 9.17) is 4.74 Å². The van der Waals surface area contributed by atoms with E-state index in [2.05, 4.69) is 5.32 Å². The van der Waals surface area contributed by atoms with E-state index in [9.17, 15) is 14.0 Å². The minimum atomic E-state index is -1.41. The van der Waals surface area contributed by atoms with E-state index in [1.165, 1.54) is 6.07 Å². The van der Waals surface area contributed by atoms with Gasteiger partial charge in [-0.2, -0.15) is 0 Å². The molecule has 2 aromatic rings. The Bertz CT molecular complexity index is 783. The Kier molecular flexibility index (Phi) is 5.80. The zero-order chi connectivity index (χ0) is 19.4. The SMILES string of the molecule is CC(C)(C)OC(=O)[C@](C)(Cc1ccccc1F)NC(=O)c1ccccc1. The van der Waals surface area contributed by atoms with Crippen LogP contribution in [0.2, 0.25) is 0 Å². The number of nitrogens with one attached hydrogen (secondary N) is 1. The molecule has 0 spiro atoms. The number of carbonyl (C=O) groups excluding carboxylic acids is 2.